The van der Waals surface area contributed by atoms with E-state index in [1.165, 1.54) is 75.0 Å². The fraction of sp³-hybridized carbons (Fsp3) is 0.364. The minimum atomic E-state index is 0.211. The number of hydrogen-bond acceptors (Lipinski definition) is 2. The van der Waals surface area contributed by atoms with Gasteiger partial charge in [0.25, 0.3) is 0 Å². The Morgan fingerprint density at radius 2 is 1.33 bits per heavy atom. The van der Waals surface area contributed by atoms with Gasteiger partial charge >= 0.3 is 0 Å². The SMILES string of the molecule is CCCCc1c2ccccc2c(CCCC)c2cc(/C(S)=C/C=C/C(S)CC/C=C/C(C)/C=C\Cc3ccccc3CC)ccc12. The number of rotatable bonds is 17. The number of benzene rings is 4. The molecule has 46 heavy (non-hydrogen) atoms. The lowest BCUT2D eigenvalue weighted by Gasteiger charge is -2.18. The van der Waals surface area contributed by atoms with E-state index < -0.39 is 0 Å². The van der Waals surface area contributed by atoms with Gasteiger partial charge in [0.05, 0.1) is 0 Å². The first-order valence-corrected chi connectivity index (χ1v) is 18.5. The zero-order valence-electron chi connectivity index (χ0n) is 28.5. The molecular formula is C44H54S2. The lowest BCUT2D eigenvalue weighted by atomic mass is 9.87. The molecule has 0 nitrogen and oxygen atoms in total. The Hall–Kier alpha value is -2.94. The molecule has 2 heteroatoms. The lowest BCUT2D eigenvalue weighted by Crippen LogP contribution is -1.97. The second-order valence-electron chi connectivity index (χ2n) is 12.6. The number of fused-ring (bicyclic) bond motifs is 2. The normalized spacial score (nSPS) is 14.0. The Morgan fingerprint density at radius 1 is 0.717 bits per heavy atom. The molecule has 0 spiro atoms. The van der Waals surface area contributed by atoms with Gasteiger partial charge < -0.3 is 0 Å². The van der Waals surface area contributed by atoms with E-state index >= 15 is 0 Å². The predicted octanol–water partition coefficient (Wildman–Crippen LogP) is 13.1. The zero-order chi connectivity index (χ0) is 32.7. The molecular weight excluding hydrogens is 593 g/mol. The van der Waals surface area contributed by atoms with Crippen molar-refractivity contribution in [2.45, 2.75) is 97.2 Å². The molecule has 0 N–H and O–H groups in total. The standard InChI is InChI=1S/C44H54S2/c1-5-8-25-38-39-27-14-15-28-40(39)41(26-9-6-2)43-32-36(30-31-42(38)43)44(46)29-17-24-37(45)23-13-10-18-33(4)19-16-22-35-21-12-11-20-34(35)7-3/h10-12,14-21,24,27-33,37,45-46H,5-9,13,22-23,25-26H2,1-4H3/b18-10+,19-16-,24-17+,44-29-. The molecule has 2 unspecified atom stereocenters. The first-order chi connectivity index (χ1) is 22.5. The molecule has 0 aliphatic heterocycles. The largest absolute Gasteiger partial charge is 0.172 e. The van der Waals surface area contributed by atoms with Crippen LogP contribution < -0.4 is 0 Å². The van der Waals surface area contributed by atoms with E-state index in [0.717, 1.165) is 43.4 Å². The number of allylic oxidation sites excluding steroid dienone is 6. The van der Waals surface area contributed by atoms with Crippen LogP contribution >= 0.6 is 25.3 Å². The molecule has 0 aliphatic rings. The summed E-state index contributed by atoms with van der Waals surface area (Å²) in [5.41, 5.74) is 7.04. The van der Waals surface area contributed by atoms with E-state index in [9.17, 15) is 0 Å². The molecule has 0 aliphatic carbocycles. The van der Waals surface area contributed by atoms with E-state index in [-0.39, 0.29) is 5.25 Å². The minimum Gasteiger partial charge on any atom is -0.172 e. The molecule has 0 saturated carbocycles. The van der Waals surface area contributed by atoms with Crippen LogP contribution in [0.3, 0.4) is 0 Å². The van der Waals surface area contributed by atoms with Gasteiger partial charge in [0.2, 0.25) is 0 Å². The molecule has 4 rings (SSSR count). The summed E-state index contributed by atoms with van der Waals surface area (Å²) in [5, 5.41) is 5.87. The van der Waals surface area contributed by atoms with Crippen molar-refractivity contribution >= 4 is 51.7 Å². The van der Waals surface area contributed by atoms with E-state index in [1.54, 1.807) is 0 Å². The maximum Gasteiger partial charge on any atom is 0.0202 e. The molecule has 4 aromatic rings. The zero-order valence-corrected chi connectivity index (χ0v) is 30.3. The predicted molar refractivity (Wildman–Crippen MR) is 214 cm³/mol. The Morgan fingerprint density at radius 3 is 2.00 bits per heavy atom. The van der Waals surface area contributed by atoms with Gasteiger partial charge in [0.15, 0.2) is 0 Å². The van der Waals surface area contributed by atoms with Crippen molar-refractivity contribution in [3.05, 3.63) is 137 Å². The third-order valence-electron chi connectivity index (χ3n) is 9.04. The Balaban J connectivity index is 1.40. The summed E-state index contributed by atoms with van der Waals surface area (Å²) in [4.78, 5) is 0.991. The number of thiol groups is 2. The Labute approximate surface area is 290 Å². The summed E-state index contributed by atoms with van der Waals surface area (Å²) in [6.07, 6.45) is 26.8. The average molecular weight is 647 g/mol. The van der Waals surface area contributed by atoms with Crippen LogP contribution in [0.15, 0.2) is 109 Å². The van der Waals surface area contributed by atoms with Gasteiger partial charge in [-0.1, -0.05) is 138 Å². The molecule has 0 heterocycles. The van der Waals surface area contributed by atoms with Gasteiger partial charge in [-0.25, -0.2) is 0 Å². The van der Waals surface area contributed by atoms with Crippen molar-refractivity contribution in [1.29, 1.82) is 0 Å². The quantitative estimate of drug-likeness (QED) is 0.0485. The molecule has 4 aromatic carbocycles. The molecule has 0 radical (unpaired) electrons. The first-order valence-electron chi connectivity index (χ1n) is 17.6. The second kappa shape index (κ2) is 19.0. The van der Waals surface area contributed by atoms with E-state index in [4.69, 9.17) is 25.3 Å². The summed E-state index contributed by atoms with van der Waals surface area (Å²) in [6, 6.07) is 24.8. The number of unbranched alkanes of at least 4 members (excludes halogenated alkanes) is 2. The monoisotopic (exact) mass is 646 g/mol. The topological polar surface area (TPSA) is 0 Å². The smallest absolute Gasteiger partial charge is 0.0202 e. The average Bonchev–Trinajstić information content (AvgIpc) is 3.08. The molecule has 0 amide bonds. The van der Waals surface area contributed by atoms with Gasteiger partial charge in [-0.15, -0.1) is 12.6 Å². The van der Waals surface area contributed by atoms with Gasteiger partial charge in [0, 0.05) is 10.2 Å². The van der Waals surface area contributed by atoms with Crippen molar-refractivity contribution in [2.24, 2.45) is 5.92 Å². The molecule has 0 fully saturated rings. The molecule has 242 valence electrons. The van der Waals surface area contributed by atoms with Crippen molar-refractivity contribution in [2.75, 3.05) is 0 Å². The maximum absolute atomic E-state index is 4.95. The highest BCUT2D eigenvalue weighted by atomic mass is 32.1. The highest BCUT2D eigenvalue weighted by molar-refractivity contribution is 7.90. The highest BCUT2D eigenvalue weighted by Crippen LogP contribution is 2.37. The van der Waals surface area contributed by atoms with Crippen LogP contribution in [0.25, 0.3) is 26.5 Å². The van der Waals surface area contributed by atoms with Crippen molar-refractivity contribution in [3.8, 4) is 0 Å². The molecule has 2 atom stereocenters. The third-order valence-corrected chi connectivity index (χ3v) is 9.87. The van der Waals surface area contributed by atoms with Crippen LogP contribution in [0.5, 0.6) is 0 Å². The van der Waals surface area contributed by atoms with Crippen LogP contribution in [-0.2, 0) is 25.7 Å². The Kier molecular flexibility index (Phi) is 14.8. The van der Waals surface area contributed by atoms with Crippen molar-refractivity contribution in [1.82, 2.24) is 0 Å². The van der Waals surface area contributed by atoms with E-state index in [0.29, 0.717) is 5.92 Å². The minimum absolute atomic E-state index is 0.211. The number of aryl methyl sites for hydroxylation is 3. The van der Waals surface area contributed by atoms with Crippen molar-refractivity contribution < 1.29 is 0 Å². The summed E-state index contributed by atoms with van der Waals surface area (Å²) in [6.45, 7) is 9.05. The van der Waals surface area contributed by atoms with Crippen LogP contribution in [0.2, 0.25) is 0 Å². The number of hydrogen-bond donors (Lipinski definition) is 2. The summed E-state index contributed by atoms with van der Waals surface area (Å²) in [7, 11) is 0. The van der Waals surface area contributed by atoms with Crippen LogP contribution in [-0.4, -0.2) is 5.25 Å². The maximum atomic E-state index is 4.95. The van der Waals surface area contributed by atoms with Crippen molar-refractivity contribution in [3.63, 3.8) is 0 Å². The Bertz CT molecular complexity index is 1670. The molecule has 0 bridgehead atoms. The van der Waals surface area contributed by atoms with E-state index in [2.05, 4.69) is 137 Å². The van der Waals surface area contributed by atoms with E-state index in [1.807, 2.05) is 0 Å². The molecule has 0 saturated heterocycles. The first kappa shape index (κ1) is 35.9. The lowest BCUT2D eigenvalue weighted by molar-refractivity contribution is 0.797. The fourth-order valence-electron chi connectivity index (χ4n) is 6.38. The summed E-state index contributed by atoms with van der Waals surface area (Å²) in [5.74, 6) is 0.433. The highest BCUT2D eigenvalue weighted by Gasteiger charge is 2.14. The van der Waals surface area contributed by atoms with Gasteiger partial charge in [-0.2, -0.15) is 12.6 Å². The van der Waals surface area contributed by atoms with Gasteiger partial charge in [-0.3, -0.25) is 0 Å². The van der Waals surface area contributed by atoms with Crippen LogP contribution in [0.1, 0.15) is 94.0 Å². The van der Waals surface area contributed by atoms with Gasteiger partial charge in [0.1, 0.15) is 0 Å². The second-order valence-corrected chi connectivity index (χ2v) is 13.7. The fourth-order valence-corrected chi connectivity index (χ4v) is 6.86. The van der Waals surface area contributed by atoms with Crippen LogP contribution in [0.4, 0.5) is 0 Å². The summed E-state index contributed by atoms with van der Waals surface area (Å²) >= 11 is 9.78. The third kappa shape index (κ3) is 10.0. The summed E-state index contributed by atoms with van der Waals surface area (Å²) < 4.78 is 0. The molecule has 0 aromatic heterocycles. The van der Waals surface area contributed by atoms with Crippen LogP contribution in [0, 0.1) is 5.92 Å². The van der Waals surface area contributed by atoms with Gasteiger partial charge in [-0.05, 0) is 119 Å².